The predicted molar refractivity (Wildman–Crippen MR) is 70.9 cm³/mol. The third kappa shape index (κ3) is 1.56. The summed E-state index contributed by atoms with van der Waals surface area (Å²) in [4.78, 5) is 11.8. The fourth-order valence-electron chi connectivity index (χ4n) is 2.23. The lowest BCUT2D eigenvalue weighted by molar-refractivity contribution is 0.0518. The summed E-state index contributed by atoms with van der Waals surface area (Å²) in [5.41, 5.74) is 1.59. The van der Waals surface area contributed by atoms with Crippen LogP contribution < -0.4 is 0 Å². The molecule has 90 valence electrons. The summed E-state index contributed by atoms with van der Waals surface area (Å²) in [6.07, 6.45) is 1.91. The number of hydrogen-bond acceptors (Lipinski definition) is 2. The summed E-state index contributed by atoms with van der Waals surface area (Å²) in [5, 5.41) is 2.30. The Morgan fingerprint density at radius 3 is 2.83 bits per heavy atom. The molecule has 0 radical (unpaired) electrons. The van der Waals surface area contributed by atoms with E-state index in [2.05, 4.69) is 12.1 Å². The molecule has 18 heavy (non-hydrogen) atoms. The second kappa shape index (κ2) is 4.18. The van der Waals surface area contributed by atoms with Crippen LogP contribution in [0.2, 0.25) is 0 Å². The van der Waals surface area contributed by atoms with Crippen LogP contribution in [-0.2, 0) is 4.74 Å². The average molecular weight is 239 g/mol. The van der Waals surface area contributed by atoms with E-state index in [0.29, 0.717) is 12.3 Å². The molecule has 3 nitrogen and oxygen atoms in total. The Morgan fingerprint density at radius 1 is 1.17 bits per heavy atom. The summed E-state index contributed by atoms with van der Waals surface area (Å²) in [6.45, 7) is 2.20. The number of ether oxygens (including phenoxy) is 1. The van der Waals surface area contributed by atoms with Gasteiger partial charge in [0.2, 0.25) is 0 Å². The van der Waals surface area contributed by atoms with Crippen LogP contribution in [0.15, 0.2) is 48.7 Å². The number of hydrogen-bond donors (Lipinski definition) is 0. The van der Waals surface area contributed by atoms with Gasteiger partial charge in [-0.1, -0.05) is 24.3 Å². The summed E-state index contributed by atoms with van der Waals surface area (Å²) in [5.74, 6) is -0.284. The maximum atomic E-state index is 11.8. The van der Waals surface area contributed by atoms with Crippen LogP contribution in [0.4, 0.5) is 0 Å². The molecule has 0 saturated carbocycles. The molecule has 1 aromatic carbocycles. The van der Waals surface area contributed by atoms with Crippen molar-refractivity contribution in [3.8, 4) is 0 Å². The molecule has 0 unspecified atom stereocenters. The van der Waals surface area contributed by atoms with Crippen molar-refractivity contribution in [3.63, 3.8) is 0 Å². The van der Waals surface area contributed by atoms with Gasteiger partial charge in [-0.15, -0.1) is 0 Å². The van der Waals surface area contributed by atoms with Gasteiger partial charge in [-0.3, -0.25) is 0 Å². The molecule has 0 aliphatic carbocycles. The minimum atomic E-state index is -0.284. The summed E-state index contributed by atoms with van der Waals surface area (Å²) in [6, 6.07) is 13.9. The number of pyridine rings is 1. The van der Waals surface area contributed by atoms with Crippen LogP contribution in [0.5, 0.6) is 0 Å². The predicted octanol–water partition coefficient (Wildman–Crippen LogP) is 3.27. The first kappa shape index (κ1) is 10.8. The van der Waals surface area contributed by atoms with Gasteiger partial charge >= 0.3 is 5.97 Å². The zero-order chi connectivity index (χ0) is 12.5. The lowest BCUT2D eigenvalue weighted by Crippen LogP contribution is -2.07. The topological polar surface area (TPSA) is 30.7 Å². The van der Waals surface area contributed by atoms with Gasteiger partial charge in [0, 0.05) is 11.6 Å². The molecule has 0 spiro atoms. The maximum absolute atomic E-state index is 11.8. The minimum absolute atomic E-state index is 0.284. The fraction of sp³-hybridized carbons (Fsp3) is 0.133. The van der Waals surface area contributed by atoms with Gasteiger partial charge in [0.15, 0.2) is 0 Å². The third-order valence-electron chi connectivity index (χ3n) is 3.04. The Kier molecular flexibility index (Phi) is 2.52. The highest BCUT2D eigenvalue weighted by Gasteiger charge is 2.12. The van der Waals surface area contributed by atoms with Crippen molar-refractivity contribution in [3.05, 3.63) is 54.4 Å². The highest BCUT2D eigenvalue weighted by atomic mass is 16.5. The highest BCUT2D eigenvalue weighted by molar-refractivity contribution is 5.99. The smallest absolute Gasteiger partial charge is 0.355 e. The van der Waals surface area contributed by atoms with E-state index in [1.54, 1.807) is 6.07 Å². The lowest BCUT2D eigenvalue weighted by Gasteiger charge is -2.05. The van der Waals surface area contributed by atoms with Gasteiger partial charge in [0.05, 0.1) is 12.1 Å². The zero-order valence-electron chi connectivity index (χ0n) is 10.1. The molecule has 0 fully saturated rings. The molecule has 0 amide bonds. The first-order valence-corrected chi connectivity index (χ1v) is 5.97. The standard InChI is InChI=1S/C15H13NO2/c1-2-18-15(17)14-8-7-13-12-6-4-3-5-11(12)9-10-16(13)14/h3-10H,2H2,1H3. The second-order valence-corrected chi connectivity index (χ2v) is 4.10. The van der Waals surface area contributed by atoms with Crippen molar-refractivity contribution in [2.75, 3.05) is 6.61 Å². The number of nitrogens with zero attached hydrogens (tertiary/aromatic N) is 1. The number of rotatable bonds is 2. The highest BCUT2D eigenvalue weighted by Crippen LogP contribution is 2.22. The van der Waals surface area contributed by atoms with E-state index in [9.17, 15) is 4.79 Å². The van der Waals surface area contributed by atoms with E-state index in [4.69, 9.17) is 4.74 Å². The van der Waals surface area contributed by atoms with Crippen LogP contribution >= 0.6 is 0 Å². The minimum Gasteiger partial charge on any atom is -0.461 e. The summed E-state index contributed by atoms with van der Waals surface area (Å²) < 4.78 is 6.92. The van der Waals surface area contributed by atoms with Crippen LogP contribution in [0.25, 0.3) is 16.3 Å². The average Bonchev–Trinajstić information content (AvgIpc) is 2.83. The molecule has 3 heteroatoms. The number of fused-ring (bicyclic) bond motifs is 3. The SMILES string of the molecule is CCOC(=O)c1ccc2c3ccccc3ccn12. The molecular weight excluding hydrogens is 226 g/mol. The molecule has 0 N–H and O–H groups in total. The Morgan fingerprint density at radius 2 is 2.00 bits per heavy atom. The van der Waals surface area contributed by atoms with Crippen LogP contribution in [-0.4, -0.2) is 17.0 Å². The summed E-state index contributed by atoms with van der Waals surface area (Å²) >= 11 is 0. The van der Waals surface area contributed by atoms with Crippen molar-refractivity contribution >= 4 is 22.3 Å². The van der Waals surface area contributed by atoms with E-state index < -0.39 is 0 Å². The Bertz CT molecular complexity index is 728. The van der Waals surface area contributed by atoms with Gasteiger partial charge in [-0.25, -0.2) is 4.79 Å². The number of aromatic nitrogens is 1. The molecule has 0 saturated heterocycles. The van der Waals surface area contributed by atoms with Gasteiger partial charge in [-0.05, 0) is 30.5 Å². The first-order chi connectivity index (χ1) is 8.81. The van der Waals surface area contributed by atoms with Gasteiger partial charge in [-0.2, -0.15) is 0 Å². The first-order valence-electron chi connectivity index (χ1n) is 5.97. The van der Waals surface area contributed by atoms with E-state index in [0.717, 1.165) is 10.9 Å². The lowest BCUT2D eigenvalue weighted by atomic mass is 10.1. The number of benzene rings is 1. The second-order valence-electron chi connectivity index (χ2n) is 4.10. The van der Waals surface area contributed by atoms with Gasteiger partial charge in [0.1, 0.15) is 5.69 Å². The van der Waals surface area contributed by atoms with Crippen LogP contribution in [0, 0.1) is 0 Å². The molecule has 0 bridgehead atoms. The van der Waals surface area contributed by atoms with Crippen molar-refractivity contribution < 1.29 is 9.53 Å². The molecule has 2 heterocycles. The normalized spacial score (nSPS) is 10.9. The van der Waals surface area contributed by atoms with Crippen molar-refractivity contribution in [1.29, 1.82) is 0 Å². The van der Waals surface area contributed by atoms with E-state index in [-0.39, 0.29) is 5.97 Å². The molecule has 2 aromatic heterocycles. The quantitative estimate of drug-likeness (QED) is 0.642. The molecule has 3 rings (SSSR count). The van der Waals surface area contributed by atoms with E-state index in [1.807, 2.05) is 41.8 Å². The molecule has 3 aromatic rings. The molecule has 0 atom stereocenters. The van der Waals surface area contributed by atoms with Crippen molar-refractivity contribution in [2.24, 2.45) is 0 Å². The number of carbonyl (C=O) groups excluding carboxylic acids is 1. The Labute approximate surface area is 105 Å². The van der Waals surface area contributed by atoms with Gasteiger partial charge < -0.3 is 9.14 Å². The van der Waals surface area contributed by atoms with Crippen molar-refractivity contribution in [2.45, 2.75) is 6.92 Å². The molecular formula is C15H13NO2. The Balaban J connectivity index is 2.26. The zero-order valence-corrected chi connectivity index (χ0v) is 10.1. The number of esters is 1. The third-order valence-corrected chi connectivity index (χ3v) is 3.04. The molecule has 0 aliphatic rings. The van der Waals surface area contributed by atoms with Crippen LogP contribution in [0.1, 0.15) is 17.4 Å². The summed E-state index contributed by atoms with van der Waals surface area (Å²) in [7, 11) is 0. The van der Waals surface area contributed by atoms with Crippen molar-refractivity contribution in [1.82, 2.24) is 4.40 Å². The monoisotopic (exact) mass is 239 g/mol. The number of carbonyl (C=O) groups is 1. The Hall–Kier alpha value is -2.29. The molecule has 0 aliphatic heterocycles. The van der Waals surface area contributed by atoms with E-state index >= 15 is 0 Å². The van der Waals surface area contributed by atoms with E-state index in [1.165, 1.54) is 5.39 Å². The fourth-order valence-corrected chi connectivity index (χ4v) is 2.23. The largest absolute Gasteiger partial charge is 0.461 e. The van der Waals surface area contributed by atoms with Crippen LogP contribution in [0.3, 0.4) is 0 Å². The maximum Gasteiger partial charge on any atom is 0.355 e. The van der Waals surface area contributed by atoms with Gasteiger partial charge in [0.25, 0.3) is 0 Å².